The van der Waals surface area contributed by atoms with E-state index in [2.05, 4.69) is 9.97 Å². The lowest BCUT2D eigenvalue weighted by Crippen LogP contribution is -2.30. The lowest BCUT2D eigenvalue weighted by atomic mass is 10.2. The molecule has 2 atom stereocenters. The van der Waals surface area contributed by atoms with Crippen LogP contribution in [-0.2, 0) is 17.5 Å². The van der Waals surface area contributed by atoms with Gasteiger partial charge in [0, 0.05) is 6.20 Å². The van der Waals surface area contributed by atoms with Crippen LogP contribution in [0.25, 0.3) is 0 Å². The number of aromatic nitrogens is 2. The summed E-state index contributed by atoms with van der Waals surface area (Å²) in [6.45, 7) is 3.64. The van der Waals surface area contributed by atoms with E-state index in [1.807, 2.05) is 30.3 Å². The van der Waals surface area contributed by atoms with E-state index >= 15 is 0 Å². The number of rotatable bonds is 6. The van der Waals surface area contributed by atoms with Gasteiger partial charge >= 0.3 is 6.18 Å². The topological polar surface area (TPSA) is 44.2 Å². The number of alkyl halides is 3. The van der Waals surface area contributed by atoms with Gasteiger partial charge < -0.3 is 9.47 Å². The maximum absolute atomic E-state index is 13.0. The van der Waals surface area contributed by atoms with Crippen molar-refractivity contribution in [2.45, 2.75) is 38.8 Å². The van der Waals surface area contributed by atoms with Crippen molar-refractivity contribution in [2.75, 3.05) is 0 Å². The van der Waals surface area contributed by atoms with Crippen molar-refractivity contribution >= 4 is 11.6 Å². The summed E-state index contributed by atoms with van der Waals surface area (Å²) in [7, 11) is 0. The summed E-state index contributed by atoms with van der Waals surface area (Å²) in [5.41, 5.74) is -0.119. The van der Waals surface area contributed by atoms with Gasteiger partial charge in [0.25, 0.3) is 0 Å². The van der Waals surface area contributed by atoms with Gasteiger partial charge in [0.15, 0.2) is 0 Å². The number of nitrogens with zero attached hydrogens (tertiary/aromatic N) is 2. The van der Waals surface area contributed by atoms with Crippen LogP contribution in [0.1, 0.15) is 25.0 Å². The van der Waals surface area contributed by atoms with E-state index in [1.165, 1.54) is 0 Å². The van der Waals surface area contributed by atoms with E-state index < -0.39 is 29.8 Å². The smallest absolute Gasteiger partial charge is 0.423 e. The lowest BCUT2D eigenvalue weighted by molar-refractivity contribution is -0.140. The second-order valence-corrected chi connectivity index (χ2v) is 5.52. The molecule has 8 heteroatoms. The number of ether oxygens (including phenoxy) is 2. The quantitative estimate of drug-likeness (QED) is 0.710. The fraction of sp³-hybridized carbons (Fsp3) is 0.375. The van der Waals surface area contributed by atoms with Crippen LogP contribution in [-0.4, -0.2) is 22.2 Å². The van der Waals surface area contributed by atoms with Crippen LogP contribution in [0.15, 0.2) is 36.5 Å². The van der Waals surface area contributed by atoms with Crippen molar-refractivity contribution in [1.29, 1.82) is 0 Å². The molecule has 0 spiro atoms. The molecule has 0 bridgehead atoms. The summed E-state index contributed by atoms with van der Waals surface area (Å²) >= 11 is 5.57. The van der Waals surface area contributed by atoms with Crippen molar-refractivity contribution in [3.8, 4) is 5.88 Å². The molecule has 0 aliphatic carbocycles. The van der Waals surface area contributed by atoms with Crippen LogP contribution in [0.3, 0.4) is 0 Å². The molecular weight excluding hydrogens is 345 g/mol. The molecule has 1 aromatic heterocycles. The van der Waals surface area contributed by atoms with Crippen LogP contribution >= 0.6 is 11.6 Å². The molecule has 0 aliphatic heterocycles. The Hall–Kier alpha value is -1.86. The highest BCUT2D eigenvalue weighted by molar-refractivity contribution is 6.28. The molecule has 0 N–H and O–H groups in total. The molecule has 4 nitrogen and oxygen atoms in total. The van der Waals surface area contributed by atoms with Gasteiger partial charge in [-0.25, -0.2) is 4.98 Å². The number of halogens is 4. The zero-order chi connectivity index (χ0) is 17.7. The van der Waals surface area contributed by atoms with E-state index in [0.29, 0.717) is 12.8 Å². The molecule has 1 heterocycles. The second kappa shape index (κ2) is 7.81. The van der Waals surface area contributed by atoms with Crippen LogP contribution in [0.4, 0.5) is 13.2 Å². The molecule has 2 rings (SSSR count). The molecule has 0 aliphatic rings. The molecule has 0 saturated carbocycles. The standard InChI is InChI=1S/C16H16ClF3N2O2/c1-10(23-9-12-6-4-3-5-7-12)11(2)24-14-13(16(18,19)20)8-21-15(17)22-14/h3-8,10-11H,9H2,1-2H3/t10-,11+/m1/s1. The normalized spacial score (nSPS) is 14.2. The van der Waals surface area contributed by atoms with E-state index in [9.17, 15) is 13.2 Å². The Bertz CT molecular complexity index is 668. The minimum atomic E-state index is -4.63. The minimum absolute atomic E-state index is 0.317. The average molecular weight is 361 g/mol. The Morgan fingerprint density at radius 1 is 1.12 bits per heavy atom. The largest absolute Gasteiger partial charge is 0.471 e. The first-order valence-corrected chi connectivity index (χ1v) is 7.57. The molecule has 0 amide bonds. The molecule has 1 aromatic carbocycles. The number of hydrogen-bond acceptors (Lipinski definition) is 4. The fourth-order valence-electron chi connectivity index (χ4n) is 1.84. The predicted octanol–water partition coefficient (Wildman–Crippen LogP) is 4.52. The van der Waals surface area contributed by atoms with E-state index in [4.69, 9.17) is 21.1 Å². The van der Waals surface area contributed by atoms with Gasteiger partial charge in [-0.15, -0.1) is 0 Å². The zero-order valence-electron chi connectivity index (χ0n) is 13.0. The van der Waals surface area contributed by atoms with Gasteiger partial charge in [0.1, 0.15) is 11.7 Å². The molecule has 24 heavy (non-hydrogen) atoms. The third-order valence-corrected chi connectivity index (χ3v) is 3.53. The molecule has 130 valence electrons. The molecule has 0 saturated heterocycles. The highest BCUT2D eigenvalue weighted by Gasteiger charge is 2.37. The zero-order valence-corrected chi connectivity index (χ0v) is 13.8. The Balaban J connectivity index is 2.03. The van der Waals surface area contributed by atoms with Crippen molar-refractivity contribution in [1.82, 2.24) is 9.97 Å². The Morgan fingerprint density at radius 2 is 1.79 bits per heavy atom. The van der Waals surface area contributed by atoms with Crippen LogP contribution in [0.2, 0.25) is 5.28 Å². The van der Waals surface area contributed by atoms with Gasteiger partial charge in [-0.05, 0) is 31.0 Å². The van der Waals surface area contributed by atoms with Crippen molar-refractivity contribution in [3.63, 3.8) is 0 Å². The predicted molar refractivity (Wildman–Crippen MR) is 82.8 cm³/mol. The Labute approximate surface area is 142 Å². The lowest BCUT2D eigenvalue weighted by Gasteiger charge is -2.23. The molecule has 0 radical (unpaired) electrons. The summed E-state index contributed by atoms with van der Waals surface area (Å²) in [6.07, 6.45) is -5.15. The van der Waals surface area contributed by atoms with Crippen molar-refractivity contribution in [2.24, 2.45) is 0 Å². The Kier molecular flexibility index (Phi) is 6.01. The van der Waals surface area contributed by atoms with Gasteiger partial charge in [0.05, 0.1) is 12.7 Å². The average Bonchev–Trinajstić information content (AvgIpc) is 2.52. The first-order chi connectivity index (χ1) is 11.3. The maximum Gasteiger partial charge on any atom is 0.423 e. The molecule has 2 aromatic rings. The fourth-order valence-corrected chi connectivity index (χ4v) is 1.97. The highest BCUT2D eigenvalue weighted by atomic mass is 35.5. The van der Waals surface area contributed by atoms with Gasteiger partial charge in [-0.3, -0.25) is 0 Å². The first-order valence-electron chi connectivity index (χ1n) is 7.19. The maximum atomic E-state index is 13.0. The highest BCUT2D eigenvalue weighted by Crippen LogP contribution is 2.35. The van der Waals surface area contributed by atoms with Gasteiger partial charge in [-0.1, -0.05) is 30.3 Å². The monoisotopic (exact) mass is 360 g/mol. The van der Waals surface area contributed by atoms with Gasteiger partial charge in [-0.2, -0.15) is 18.2 Å². The Morgan fingerprint density at radius 3 is 2.42 bits per heavy atom. The van der Waals surface area contributed by atoms with E-state index in [0.717, 1.165) is 5.56 Å². The minimum Gasteiger partial charge on any atom is -0.471 e. The summed E-state index contributed by atoms with van der Waals surface area (Å²) < 4.78 is 49.9. The SMILES string of the molecule is C[C@H](Oc1nc(Cl)ncc1C(F)(F)F)[C@@H](C)OCc1ccccc1. The van der Waals surface area contributed by atoms with Crippen molar-refractivity contribution < 1.29 is 22.6 Å². The third-order valence-electron chi connectivity index (χ3n) is 3.34. The summed E-state index contributed by atoms with van der Waals surface area (Å²) in [6, 6.07) is 9.42. The molecule has 0 fully saturated rings. The summed E-state index contributed by atoms with van der Waals surface area (Å²) in [4.78, 5) is 6.89. The van der Waals surface area contributed by atoms with Crippen molar-refractivity contribution in [3.05, 3.63) is 52.9 Å². The second-order valence-electron chi connectivity index (χ2n) is 5.18. The summed E-state index contributed by atoms with van der Waals surface area (Å²) in [5, 5.41) is -0.317. The first kappa shape index (κ1) is 18.5. The van der Waals surface area contributed by atoms with Crippen LogP contribution in [0.5, 0.6) is 5.88 Å². The van der Waals surface area contributed by atoms with E-state index in [-0.39, 0.29) is 5.28 Å². The van der Waals surface area contributed by atoms with Gasteiger partial charge in [0.2, 0.25) is 11.2 Å². The van der Waals surface area contributed by atoms with Crippen LogP contribution in [0, 0.1) is 0 Å². The molecule has 0 unspecified atom stereocenters. The summed E-state index contributed by atoms with van der Waals surface area (Å²) in [5.74, 6) is -0.606. The number of benzene rings is 1. The molecular formula is C16H16ClF3N2O2. The third kappa shape index (κ3) is 5.07. The van der Waals surface area contributed by atoms with Crippen LogP contribution < -0.4 is 4.74 Å². The van der Waals surface area contributed by atoms with E-state index in [1.54, 1.807) is 13.8 Å². The number of hydrogen-bond donors (Lipinski definition) is 0.